The van der Waals surface area contributed by atoms with Crippen LogP contribution in [-0.2, 0) is 0 Å². The van der Waals surface area contributed by atoms with Gasteiger partial charge in [-0.1, -0.05) is 89.9 Å². The van der Waals surface area contributed by atoms with Crippen molar-refractivity contribution in [2.75, 3.05) is 5.73 Å². The highest BCUT2D eigenvalue weighted by Crippen LogP contribution is 2.43. The summed E-state index contributed by atoms with van der Waals surface area (Å²) in [5.74, 6) is 0. The predicted octanol–water partition coefficient (Wildman–Crippen LogP) is 8.30. The SMILES string of the molecule is Nc1ccc2ccccc2c1-c1c(/N=C\c2ccc(Cl)cc2Cl)ccc2ccccc12. The summed E-state index contributed by atoms with van der Waals surface area (Å²) in [6, 6.07) is 30.1. The highest BCUT2D eigenvalue weighted by Gasteiger charge is 2.15. The van der Waals surface area contributed by atoms with Crippen LogP contribution in [0.3, 0.4) is 0 Å². The largest absolute Gasteiger partial charge is 0.398 e. The molecule has 150 valence electrons. The van der Waals surface area contributed by atoms with E-state index >= 15 is 0 Å². The van der Waals surface area contributed by atoms with Gasteiger partial charge in [-0.05, 0) is 45.8 Å². The fourth-order valence-electron chi connectivity index (χ4n) is 3.94. The summed E-state index contributed by atoms with van der Waals surface area (Å²) in [5, 5.41) is 5.62. The van der Waals surface area contributed by atoms with E-state index in [1.54, 1.807) is 18.3 Å². The second-order valence-electron chi connectivity index (χ2n) is 7.36. The van der Waals surface area contributed by atoms with Crippen molar-refractivity contribution in [3.05, 3.63) is 107 Å². The zero-order chi connectivity index (χ0) is 21.4. The molecular weight excluding hydrogens is 423 g/mol. The summed E-state index contributed by atoms with van der Waals surface area (Å²) < 4.78 is 0. The van der Waals surface area contributed by atoms with Crippen LogP contribution in [-0.4, -0.2) is 6.21 Å². The molecule has 0 heterocycles. The van der Waals surface area contributed by atoms with Gasteiger partial charge in [0.1, 0.15) is 0 Å². The first kappa shape index (κ1) is 19.6. The number of nitrogens with zero attached hydrogens (tertiary/aromatic N) is 1. The minimum absolute atomic E-state index is 0.559. The van der Waals surface area contributed by atoms with E-state index in [1.165, 1.54) is 0 Å². The molecule has 0 aromatic heterocycles. The van der Waals surface area contributed by atoms with Crippen molar-refractivity contribution >= 4 is 62.3 Å². The van der Waals surface area contributed by atoms with Crippen LogP contribution in [0.1, 0.15) is 5.56 Å². The van der Waals surface area contributed by atoms with Gasteiger partial charge < -0.3 is 5.73 Å². The molecular formula is C27H18Cl2N2. The number of rotatable bonds is 3. The molecule has 0 aliphatic carbocycles. The molecule has 0 unspecified atom stereocenters. The van der Waals surface area contributed by atoms with Crippen molar-refractivity contribution in [1.82, 2.24) is 0 Å². The molecule has 0 aliphatic heterocycles. The van der Waals surface area contributed by atoms with Gasteiger partial charge in [0.05, 0.1) is 10.7 Å². The highest BCUT2D eigenvalue weighted by molar-refractivity contribution is 6.36. The Labute approximate surface area is 190 Å². The standard InChI is InChI=1S/C27H18Cl2N2/c28-20-12-9-19(23(29)15-20)16-31-25-14-11-18-6-2-4-8-22(18)27(25)26-21-7-3-1-5-17(21)10-13-24(26)30/h1-16H,30H2/b31-16-. The van der Waals surface area contributed by atoms with Gasteiger partial charge in [-0.25, -0.2) is 0 Å². The number of hydrogen-bond acceptors (Lipinski definition) is 2. The van der Waals surface area contributed by atoms with Crippen LogP contribution in [0.4, 0.5) is 11.4 Å². The summed E-state index contributed by atoms with van der Waals surface area (Å²) in [4.78, 5) is 4.83. The second-order valence-corrected chi connectivity index (χ2v) is 8.20. The van der Waals surface area contributed by atoms with Crippen LogP contribution < -0.4 is 5.73 Å². The Morgan fingerprint density at radius 1 is 0.677 bits per heavy atom. The second kappa shape index (κ2) is 8.07. The maximum atomic E-state index is 6.54. The molecule has 0 fully saturated rings. The van der Waals surface area contributed by atoms with E-state index in [0.29, 0.717) is 10.0 Å². The maximum Gasteiger partial charge on any atom is 0.0715 e. The van der Waals surface area contributed by atoms with Crippen LogP contribution >= 0.6 is 23.2 Å². The zero-order valence-corrected chi connectivity index (χ0v) is 18.0. The Morgan fingerprint density at radius 3 is 2.03 bits per heavy atom. The molecule has 2 N–H and O–H groups in total. The number of anilines is 1. The first-order chi connectivity index (χ1) is 15.1. The van der Waals surface area contributed by atoms with Crippen LogP contribution in [0.25, 0.3) is 32.7 Å². The number of nitrogen functional groups attached to an aromatic ring is 1. The molecule has 0 amide bonds. The van der Waals surface area contributed by atoms with Gasteiger partial charge in [0.2, 0.25) is 0 Å². The Hall–Kier alpha value is -3.33. The van der Waals surface area contributed by atoms with E-state index in [0.717, 1.165) is 49.6 Å². The normalized spacial score (nSPS) is 11.5. The molecule has 2 nitrogen and oxygen atoms in total. The van der Waals surface area contributed by atoms with Crippen molar-refractivity contribution in [2.24, 2.45) is 4.99 Å². The third-order valence-electron chi connectivity index (χ3n) is 5.42. The summed E-state index contributed by atoms with van der Waals surface area (Å²) in [6.45, 7) is 0. The lowest BCUT2D eigenvalue weighted by Crippen LogP contribution is -1.93. The molecule has 0 radical (unpaired) electrons. The molecule has 5 aromatic carbocycles. The van der Waals surface area contributed by atoms with Crippen molar-refractivity contribution in [2.45, 2.75) is 0 Å². The van der Waals surface area contributed by atoms with Gasteiger partial charge in [-0.2, -0.15) is 0 Å². The average Bonchev–Trinajstić information content (AvgIpc) is 2.78. The third-order valence-corrected chi connectivity index (χ3v) is 5.99. The smallest absolute Gasteiger partial charge is 0.0715 e. The van der Waals surface area contributed by atoms with E-state index in [1.807, 2.05) is 42.5 Å². The highest BCUT2D eigenvalue weighted by atomic mass is 35.5. The van der Waals surface area contributed by atoms with Crippen LogP contribution in [0.15, 0.2) is 96.0 Å². The quantitative estimate of drug-likeness (QED) is 0.222. The molecule has 5 aromatic rings. The van der Waals surface area contributed by atoms with Crippen molar-refractivity contribution in [3.8, 4) is 11.1 Å². The summed E-state index contributed by atoms with van der Waals surface area (Å²) in [7, 11) is 0. The van der Waals surface area contributed by atoms with Gasteiger partial charge >= 0.3 is 0 Å². The van der Waals surface area contributed by atoms with Gasteiger partial charge in [-0.15, -0.1) is 0 Å². The Balaban J connectivity index is 1.80. The van der Waals surface area contributed by atoms with E-state index in [2.05, 4.69) is 36.4 Å². The summed E-state index contributed by atoms with van der Waals surface area (Å²) in [5.41, 5.74) is 10.9. The molecule has 31 heavy (non-hydrogen) atoms. The maximum absolute atomic E-state index is 6.54. The summed E-state index contributed by atoms with van der Waals surface area (Å²) >= 11 is 12.4. The fourth-order valence-corrected chi connectivity index (χ4v) is 4.40. The monoisotopic (exact) mass is 440 g/mol. The number of aliphatic imine (C=N–C) groups is 1. The van der Waals surface area contributed by atoms with Crippen molar-refractivity contribution < 1.29 is 0 Å². The molecule has 0 saturated carbocycles. The van der Waals surface area contributed by atoms with E-state index < -0.39 is 0 Å². The fraction of sp³-hybridized carbons (Fsp3) is 0. The molecule has 0 saturated heterocycles. The number of benzene rings is 5. The van der Waals surface area contributed by atoms with Crippen LogP contribution in [0.2, 0.25) is 10.0 Å². The van der Waals surface area contributed by atoms with Crippen LogP contribution in [0, 0.1) is 0 Å². The Bertz CT molecular complexity index is 1470. The van der Waals surface area contributed by atoms with Gasteiger partial charge in [-0.3, -0.25) is 4.99 Å². The summed E-state index contributed by atoms with van der Waals surface area (Å²) in [6.07, 6.45) is 1.77. The van der Waals surface area contributed by atoms with Gasteiger partial charge in [0.25, 0.3) is 0 Å². The predicted molar refractivity (Wildman–Crippen MR) is 135 cm³/mol. The number of nitrogens with two attached hydrogens (primary N) is 1. The molecule has 0 aliphatic rings. The van der Waals surface area contributed by atoms with E-state index in [9.17, 15) is 0 Å². The van der Waals surface area contributed by atoms with Crippen LogP contribution in [0.5, 0.6) is 0 Å². The number of hydrogen-bond donors (Lipinski definition) is 1. The molecule has 0 bridgehead atoms. The van der Waals surface area contributed by atoms with Crippen molar-refractivity contribution in [3.63, 3.8) is 0 Å². The minimum atomic E-state index is 0.559. The minimum Gasteiger partial charge on any atom is -0.398 e. The van der Waals surface area contributed by atoms with Gasteiger partial charge in [0.15, 0.2) is 0 Å². The van der Waals surface area contributed by atoms with Gasteiger partial charge in [0, 0.05) is 33.6 Å². The zero-order valence-electron chi connectivity index (χ0n) is 16.5. The van der Waals surface area contributed by atoms with Crippen molar-refractivity contribution in [1.29, 1.82) is 0 Å². The molecule has 4 heteroatoms. The molecule has 0 spiro atoms. The van der Waals surface area contributed by atoms with E-state index in [4.69, 9.17) is 33.9 Å². The first-order valence-electron chi connectivity index (χ1n) is 9.90. The first-order valence-corrected chi connectivity index (χ1v) is 10.7. The lowest BCUT2D eigenvalue weighted by atomic mass is 9.91. The van der Waals surface area contributed by atoms with E-state index in [-0.39, 0.29) is 0 Å². The Morgan fingerprint density at radius 2 is 1.32 bits per heavy atom. The molecule has 0 atom stereocenters. The Kier molecular flexibility index (Phi) is 5.11. The average molecular weight is 441 g/mol. The molecule has 5 rings (SSSR count). The number of fused-ring (bicyclic) bond motifs is 2. The lowest BCUT2D eigenvalue weighted by Gasteiger charge is -2.15. The topological polar surface area (TPSA) is 38.4 Å². The lowest BCUT2D eigenvalue weighted by molar-refractivity contribution is 1.54. The number of halogens is 2. The third kappa shape index (κ3) is 3.65.